The summed E-state index contributed by atoms with van der Waals surface area (Å²) in [7, 11) is 0. The van der Waals surface area contributed by atoms with Crippen molar-refractivity contribution in [3.05, 3.63) is 158 Å². The Hall–Kier alpha value is -4.97. The van der Waals surface area contributed by atoms with E-state index >= 15 is 0 Å². The first-order chi connectivity index (χ1) is 32.5. The van der Waals surface area contributed by atoms with Crippen molar-refractivity contribution in [2.45, 2.75) is 187 Å². The molecule has 0 heterocycles. The highest BCUT2D eigenvalue weighted by atomic mass is 16.6. The number of unbranched alkanes of at least 4 members (excludes halogenated alkanes) is 6. The lowest BCUT2D eigenvalue weighted by Crippen LogP contribution is -2.30. The third-order valence-electron chi connectivity index (χ3n) is 9.79. The molecule has 0 aliphatic heterocycles. The van der Waals surface area contributed by atoms with E-state index in [1.807, 2.05) is 24.3 Å². The van der Waals surface area contributed by atoms with Crippen molar-refractivity contribution in [2.75, 3.05) is 13.2 Å². The van der Waals surface area contributed by atoms with Crippen molar-refractivity contribution < 1.29 is 28.6 Å². The van der Waals surface area contributed by atoms with E-state index in [9.17, 15) is 14.4 Å². The van der Waals surface area contributed by atoms with Crippen LogP contribution in [0.3, 0.4) is 0 Å². The van der Waals surface area contributed by atoms with Gasteiger partial charge in [0.25, 0.3) is 0 Å². The zero-order valence-corrected chi connectivity index (χ0v) is 41.6. The summed E-state index contributed by atoms with van der Waals surface area (Å²) in [6, 6.07) is 0. The average molecular weight is 907 g/mol. The third-order valence-corrected chi connectivity index (χ3v) is 9.79. The Morgan fingerprint density at radius 2 is 0.576 bits per heavy atom. The summed E-state index contributed by atoms with van der Waals surface area (Å²) >= 11 is 0. The number of carbonyl (C=O) groups is 3. The van der Waals surface area contributed by atoms with Crippen LogP contribution in [-0.2, 0) is 28.6 Å². The maximum atomic E-state index is 12.8. The summed E-state index contributed by atoms with van der Waals surface area (Å²) in [4.78, 5) is 37.9. The predicted octanol–water partition coefficient (Wildman–Crippen LogP) is 17.0. The van der Waals surface area contributed by atoms with Gasteiger partial charge in [0.2, 0.25) is 0 Å². The lowest BCUT2D eigenvalue weighted by atomic mass is 10.1. The summed E-state index contributed by atoms with van der Waals surface area (Å²) in [5, 5.41) is 0. The van der Waals surface area contributed by atoms with Gasteiger partial charge in [-0.3, -0.25) is 14.4 Å². The molecular formula is C60H90O6. The average Bonchev–Trinajstić information content (AvgIpc) is 3.31. The van der Waals surface area contributed by atoms with Crippen molar-refractivity contribution in [3.63, 3.8) is 0 Å². The van der Waals surface area contributed by atoms with Crippen LogP contribution in [0.15, 0.2) is 158 Å². The Morgan fingerprint density at radius 3 is 0.939 bits per heavy atom. The Labute approximate surface area is 403 Å². The van der Waals surface area contributed by atoms with Gasteiger partial charge in [0.05, 0.1) is 0 Å². The van der Waals surface area contributed by atoms with E-state index in [1.165, 1.54) is 12.8 Å². The van der Waals surface area contributed by atoms with Crippen molar-refractivity contribution in [1.82, 2.24) is 0 Å². The fourth-order valence-electron chi connectivity index (χ4n) is 6.08. The molecule has 1 unspecified atom stereocenters. The van der Waals surface area contributed by atoms with Crippen molar-refractivity contribution in [3.8, 4) is 0 Å². The number of esters is 3. The first kappa shape index (κ1) is 61.0. The quantitative estimate of drug-likeness (QED) is 0.0262. The van der Waals surface area contributed by atoms with Gasteiger partial charge in [-0.15, -0.1) is 0 Å². The summed E-state index contributed by atoms with van der Waals surface area (Å²) in [5.41, 5.74) is 0. The Bertz CT molecular complexity index is 1560. The molecule has 6 nitrogen and oxygen atoms in total. The molecule has 6 heteroatoms. The highest BCUT2D eigenvalue weighted by Crippen LogP contribution is 2.11. The molecule has 0 rings (SSSR count). The molecule has 0 saturated carbocycles. The smallest absolute Gasteiger partial charge is 0.306 e. The molecule has 1 atom stereocenters. The molecule has 66 heavy (non-hydrogen) atoms. The van der Waals surface area contributed by atoms with Crippen LogP contribution in [0.2, 0.25) is 0 Å². The second-order valence-corrected chi connectivity index (χ2v) is 15.9. The standard InChI is InChI=1S/C60H90O6/c1-4-7-10-13-16-19-22-25-28-31-34-37-40-43-46-49-52-58(61)64-55-57(66-60(63)54-51-48-45-42-39-36-33-30-27-24-21-18-15-12-9-6-3)56-65-59(62)53-50-47-44-41-38-35-32-29-26-23-20-17-14-11-8-5-2/h7-12,16-21,25-30,34,36-37,39,43,45-46,48,57H,4-6,13-15,22-24,31-33,35,38,40-42,44,47,49-56H2,1-3H3/b10-7-,11-8-,12-9-,19-16-,20-17-,21-18-,28-25-,29-26-,30-27-,37-34-,39-36-,46-43-,48-45-. The molecule has 0 saturated heterocycles. The minimum absolute atomic E-state index is 0.145. The van der Waals surface area contributed by atoms with E-state index in [1.54, 1.807) is 0 Å². The van der Waals surface area contributed by atoms with Gasteiger partial charge in [-0.25, -0.2) is 0 Å². The van der Waals surface area contributed by atoms with Gasteiger partial charge in [0, 0.05) is 19.3 Å². The Kier molecular flexibility index (Phi) is 48.7. The first-order valence-electron chi connectivity index (χ1n) is 25.5. The summed E-state index contributed by atoms with van der Waals surface area (Å²) in [6.07, 6.45) is 76.8. The summed E-state index contributed by atoms with van der Waals surface area (Å²) in [6.45, 7) is 6.13. The normalized spacial score (nSPS) is 13.4. The summed E-state index contributed by atoms with van der Waals surface area (Å²) in [5.74, 6) is -1.14. The molecule has 0 aromatic heterocycles. The molecule has 0 aliphatic carbocycles. The Balaban J connectivity index is 4.66. The zero-order chi connectivity index (χ0) is 47.9. The second-order valence-electron chi connectivity index (χ2n) is 15.9. The number of ether oxygens (including phenoxy) is 3. The minimum Gasteiger partial charge on any atom is -0.462 e. The maximum absolute atomic E-state index is 12.8. The van der Waals surface area contributed by atoms with Crippen LogP contribution in [0.5, 0.6) is 0 Å². The van der Waals surface area contributed by atoms with Crippen molar-refractivity contribution >= 4 is 17.9 Å². The SMILES string of the molecule is CC/C=C\C/C=C\C/C=C\C/C=C\C/C=C\CCC(=O)OCC(COC(=O)CCCCCCCC/C=C\C/C=C\C/C=C\CC)OC(=O)CC/C=C\C/C=C\C/C=C\C/C=C\C/C=C\CC. The molecule has 0 aromatic rings. The second kappa shape index (κ2) is 52.7. The van der Waals surface area contributed by atoms with Crippen LogP contribution in [0.25, 0.3) is 0 Å². The van der Waals surface area contributed by atoms with Crippen LogP contribution in [-0.4, -0.2) is 37.2 Å². The van der Waals surface area contributed by atoms with Crippen LogP contribution in [0.4, 0.5) is 0 Å². The van der Waals surface area contributed by atoms with Gasteiger partial charge in [0.15, 0.2) is 6.10 Å². The molecule has 0 N–H and O–H groups in total. The number of hydrogen-bond acceptors (Lipinski definition) is 6. The molecular weight excluding hydrogens is 817 g/mol. The summed E-state index contributed by atoms with van der Waals surface area (Å²) < 4.78 is 16.6. The van der Waals surface area contributed by atoms with Crippen LogP contribution < -0.4 is 0 Å². The lowest BCUT2D eigenvalue weighted by Gasteiger charge is -2.18. The number of allylic oxidation sites excluding steroid dienone is 26. The lowest BCUT2D eigenvalue weighted by molar-refractivity contribution is -0.166. The van der Waals surface area contributed by atoms with Crippen LogP contribution >= 0.6 is 0 Å². The molecule has 0 aromatic carbocycles. The predicted molar refractivity (Wildman–Crippen MR) is 283 cm³/mol. The molecule has 366 valence electrons. The van der Waals surface area contributed by atoms with Gasteiger partial charge in [0.1, 0.15) is 13.2 Å². The highest BCUT2D eigenvalue weighted by Gasteiger charge is 2.19. The van der Waals surface area contributed by atoms with Crippen LogP contribution in [0, 0.1) is 0 Å². The number of hydrogen-bond donors (Lipinski definition) is 0. The van der Waals surface area contributed by atoms with Crippen molar-refractivity contribution in [2.24, 2.45) is 0 Å². The third kappa shape index (κ3) is 50.0. The molecule has 0 spiro atoms. The maximum Gasteiger partial charge on any atom is 0.306 e. The topological polar surface area (TPSA) is 78.9 Å². The largest absolute Gasteiger partial charge is 0.462 e. The first-order valence-corrected chi connectivity index (χ1v) is 25.5. The van der Waals surface area contributed by atoms with E-state index in [0.29, 0.717) is 19.3 Å². The van der Waals surface area contributed by atoms with Gasteiger partial charge in [-0.2, -0.15) is 0 Å². The van der Waals surface area contributed by atoms with E-state index in [2.05, 4.69) is 154 Å². The van der Waals surface area contributed by atoms with E-state index in [4.69, 9.17) is 14.2 Å². The molecule has 0 fully saturated rings. The van der Waals surface area contributed by atoms with Gasteiger partial charge in [-0.05, 0) is 116 Å². The number of rotatable bonds is 43. The number of carbonyl (C=O) groups excluding carboxylic acids is 3. The fourth-order valence-corrected chi connectivity index (χ4v) is 6.08. The van der Waals surface area contributed by atoms with Crippen LogP contribution in [0.1, 0.15) is 181 Å². The van der Waals surface area contributed by atoms with E-state index in [-0.39, 0.29) is 38.0 Å². The molecule has 0 bridgehead atoms. The van der Waals surface area contributed by atoms with Gasteiger partial charge in [-0.1, -0.05) is 204 Å². The van der Waals surface area contributed by atoms with Crippen molar-refractivity contribution in [1.29, 1.82) is 0 Å². The van der Waals surface area contributed by atoms with Gasteiger partial charge < -0.3 is 14.2 Å². The van der Waals surface area contributed by atoms with E-state index < -0.39 is 12.1 Å². The fraction of sp³-hybridized carbons (Fsp3) is 0.517. The highest BCUT2D eigenvalue weighted by molar-refractivity contribution is 5.71. The Morgan fingerprint density at radius 1 is 0.303 bits per heavy atom. The molecule has 0 aliphatic rings. The monoisotopic (exact) mass is 907 g/mol. The van der Waals surface area contributed by atoms with E-state index in [0.717, 1.165) is 116 Å². The minimum atomic E-state index is -0.861. The van der Waals surface area contributed by atoms with Gasteiger partial charge >= 0.3 is 17.9 Å². The molecule has 0 radical (unpaired) electrons. The zero-order valence-electron chi connectivity index (χ0n) is 41.6. The molecule has 0 amide bonds.